The predicted octanol–water partition coefficient (Wildman–Crippen LogP) is 0.177. The summed E-state index contributed by atoms with van der Waals surface area (Å²) in [6.45, 7) is 4.17. The van der Waals surface area contributed by atoms with Gasteiger partial charge in [-0.25, -0.2) is 4.98 Å². The average molecular weight is 193 g/mol. The number of hydrogen-bond donors (Lipinski definition) is 0. The summed E-state index contributed by atoms with van der Waals surface area (Å²) in [5.74, 6) is 0. The van der Waals surface area contributed by atoms with Crippen LogP contribution in [-0.4, -0.2) is 40.3 Å². The highest BCUT2D eigenvalue weighted by Crippen LogP contribution is 2.19. The molecule has 14 heavy (non-hydrogen) atoms. The molecule has 4 nitrogen and oxygen atoms in total. The van der Waals surface area contributed by atoms with Gasteiger partial charge in [0.15, 0.2) is 0 Å². The van der Waals surface area contributed by atoms with Gasteiger partial charge in [-0.1, -0.05) is 0 Å². The largest absolute Gasteiger partial charge is 0.372 e. The number of aryl methyl sites for hydroxylation is 1. The first-order chi connectivity index (χ1) is 6.83. The fourth-order valence-corrected chi connectivity index (χ4v) is 2.13. The Balaban J connectivity index is 1.72. The topological polar surface area (TPSA) is 33.6 Å². The van der Waals surface area contributed by atoms with Gasteiger partial charge in [-0.3, -0.25) is 4.90 Å². The van der Waals surface area contributed by atoms with E-state index in [1.165, 1.54) is 11.4 Å². The Morgan fingerprint density at radius 1 is 1.64 bits per heavy atom. The van der Waals surface area contributed by atoms with Crippen LogP contribution >= 0.6 is 0 Å². The van der Waals surface area contributed by atoms with E-state index in [0.29, 0.717) is 6.10 Å². The van der Waals surface area contributed by atoms with Crippen LogP contribution in [0.1, 0.15) is 11.4 Å². The van der Waals surface area contributed by atoms with Crippen molar-refractivity contribution in [3.05, 3.63) is 17.7 Å². The third kappa shape index (κ3) is 1.44. The number of ether oxygens (including phenoxy) is 1. The standard InChI is InChI=1S/C10H15N3O/c1-12-7-11-9-5-13(3-2-10(9)12)4-8-6-14-8/h7-8H,2-6H2,1H3. The molecule has 1 aromatic heterocycles. The number of fused-ring (bicyclic) bond motifs is 1. The molecule has 1 atom stereocenters. The van der Waals surface area contributed by atoms with E-state index in [9.17, 15) is 0 Å². The molecule has 1 fully saturated rings. The minimum atomic E-state index is 0.500. The molecule has 0 spiro atoms. The molecule has 4 heteroatoms. The Labute approximate surface area is 83.5 Å². The number of imidazole rings is 1. The van der Waals surface area contributed by atoms with E-state index in [1.807, 2.05) is 6.33 Å². The van der Waals surface area contributed by atoms with Gasteiger partial charge >= 0.3 is 0 Å². The summed E-state index contributed by atoms with van der Waals surface area (Å²) in [5, 5.41) is 0. The molecule has 3 rings (SSSR count). The lowest BCUT2D eigenvalue weighted by Gasteiger charge is -2.25. The monoisotopic (exact) mass is 193 g/mol. The van der Waals surface area contributed by atoms with Crippen molar-refractivity contribution in [3.63, 3.8) is 0 Å². The molecule has 3 heterocycles. The van der Waals surface area contributed by atoms with E-state index in [-0.39, 0.29) is 0 Å². The lowest BCUT2D eigenvalue weighted by molar-refractivity contribution is 0.222. The summed E-state index contributed by atoms with van der Waals surface area (Å²) in [6, 6.07) is 0. The van der Waals surface area contributed by atoms with Crippen LogP contribution in [0.4, 0.5) is 0 Å². The van der Waals surface area contributed by atoms with Crippen molar-refractivity contribution in [1.29, 1.82) is 0 Å². The SMILES string of the molecule is Cn1cnc2c1CCN(CC1CO1)C2. The van der Waals surface area contributed by atoms with Gasteiger partial charge in [0.25, 0.3) is 0 Å². The van der Waals surface area contributed by atoms with Crippen molar-refractivity contribution in [2.75, 3.05) is 19.7 Å². The van der Waals surface area contributed by atoms with E-state index < -0.39 is 0 Å². The van der Waals surface area contributed by atoms with Gasteiger partial charge in [0.2, 0.25) is 0 Å². The van der Waals surface area contributed by atoms with Crippen molar-refractivity contribution in [2.45, 2.75) is 19.1 Å². The van der Waals surface area contributed by atoms with E-state index in [2.05, 4.69) is 21.5 Å². The molecule has 2 aliphatic heterocycles. The summed E-state index contributed by atoms with van der Waals surface area (Å²) < 4.78 is 7.38. The van der Waals surface area contributed by atoms with Crippen LogP contribution in [0.5, 0.6) is 0 Å². The van der Waals surface area contributed by atoms with Crippen LogP contribution in [-0.2, 0) is 24.8 Å². The van der Waals surface area contributed by atoms with Crippen LogP contribution < -0.4 is 0 Å². The van der Waals surface area contributed by atoms with Gasteiger partial charge in [0.1, 0.15) is 0 Å². The Kier molecular flexibility index (Phi) is 1.85. The third-order valence-electron chi connectivity index (χ3n) is 3.05. The maximum Gasteiger partial charge on any atom is 0.0949 e. The fourth-order valence-electron chi connectivity index (χ4n) is 2.13. The van der Waals surface area contributed by atoms with Crippen molar-refractivity contribution in [2.24, 2.45) is 7.05 Å². The summed E-state index contributed by atoms with van der Waals surface area (Å²) in [5.41, 5.74) is 2.65. The first-order valence-corrected chi connectivity index (χ1v) is 5.16. The molecular weight excluding hydrogens is 178 g/mol. The zero-order valence-corrected chi connectivity index (χ0v) is 8.44. The van der Waals surface area contributed by atoms with E-state index >= 15 is 0 Å². The summed E-state index contributed by atoms with van der Waals surface area (Å²) >= 11 is 0. The van der Waals surface area contributed by atoms with Crippen molar-refractivity contribution < 1.29 is 4.74 Å². The molecule has 0 N–H and O–H groups in total. The molecule has 1 unspecified atom stereocenters. The van der Waals surface area contributed by atoms with Crippen LogP contribution in [0.2, 0.25) is 0 Å². The highest BCUT2D eigenvalue weighted by molar-refractivity contribution is 5.16. The predicted molar refractivity (Wildman–Crippen MR) is 51.9 cm³/mol. The molecule has 0 radical (unpaired) electrons. The quantitative estimate of drug-likeness (QED) is 0.628. The average Bonchev–Trinajstić information content (AvgIpc) is 2.92. The lowest BCUT2D eigenvalue weighted by atomic mass is 10.1. The van der Waals surface area contributed by atoms with E-state index in [4.69, 9.17) is 4.74 Å². The second-order valence-corrected chi connectivity index (χ2v) is 4.19. The van der Waals surface area contributed by atoms with Crippen molar-refractivity contribution in [1.82, 2.24) is 14.5 Å². The Morgan fingerprint density at radius 3 is 3.29 bits per heavy atom. The minimum absolute atomic E-state index is 0.500. The highest BCUT2D eigenvalue weighted by Gasteiger charge is 2.28. The molecule has 1 aromatic rings. The van der Waals surface area contributed by atoms with Crippen molar-refractivity contribution >= 4 is 0 Å². The van der Waals surface area contributed by atoms with Crippen LogP contribution in [0.15, 0.2) is 6.33 Å². The van der Waals surface area contributed by atoms with Crippen LogP contribution in [0.3, 0.4) is 0 Å². The van der Waals surface area contributed by atoms with E-state index in [0.717, 1.165) is 32.7 Å². The number of epoxide rings is 1. The second-order valence-electron chi connectivity index (χ2n) is 4.19. The zero-order chi connectivity index (χ0) is 9.54. The fraction of sp³-hybridized carbons (Fsp3) is 0.700. The number of rotatable bonds is 2. The normalized spacial score (nSPS) is 26.2. The van der Waals surface area contributed by atoms with E-state index in [1.54, 1.807) is 0 Å². The molecule has 0 saturated carbocycles. The van der Waals surface area contributed by atoms with Crippen LogP contribution in [0, 0.1) is 0 Å². The second kappa shape index (κ2) is 3.07. The minimum Gasteiger partial charge on any atom is -0.372 e. The van der Waals surface area contributed by atoms with Gasteiger partial charge in [-0.15, -0.1) is 0 Å². The van der Waals surface area contributed by atoms with Gasteiger partial charge in [0.05, 0.1) is 24.7 Å². The molecule has 0 aliphatic carbocycles. The maximum absolute atomic E-state index is 5.24. The summed E-state index contributed by atoms with van der Waals surface area (Å²) in [7, 11) is 2.07. The Bertz CT molecular complexity index is 343. The number of nitrogens with zero attached hydrogens (tertiary/aromatic N) is 3. The summed E-state index contributed by atoms with van der Waals surface area (Å²) in [6.07, 6.45) is 3.54. The van der Waals surface area contributed by atoms with Gasteiger partial charge in [-0.2, -0.15) is 0 Å². The zero-order valence-electron chi connectivity index (χ0n) is 8.44. The lowest BCUT2D eigenvalue weighted by Crippen LogP contribution is -2.34. The molecule has 0 amide bonds. The first-order valence-electron chi connectivity index (χ1n) is 5.16. The third-order valence-corrected chi connectivity index (χ3v) is 3.05. The number of aromatic nitrogens is 2. The maximum atomic E-state index is 5.24. The Hall–Kier alpha value is -0.870. The van der Waals surface area contributed by atoms with Gasteiger partial charge in [-0.05, 0) is 0 Å². The summed E-state index contributed by atoms with van der Waals surface area (Å²) in [4.78, 5) is 6.85. The smallest absolute Gasteiger partial charge is 0.0949 e. The molecule has 0 bridgehead atoms. The highest BCUT2D eigenvalue weighted by atomic mass is 16.6. The molecule has 1 saturated heterocycles. The van der Waals surface area contributed by atoms with Crippen molar-refractivity contribution in [3.8, 4) is 0 Å². The molecule has 0 aromatic carbocycles. The van der Waals surface area contributed by atoms with Gasteiger partial charge < -0.3 is 9.30 Å². The van der Waals surface area contributed by atoms with Gasteiger partial charge in [0, 0.05) is 38.8 Å². The molecule has 76 valence electrons. The Morgan fingerprint density at radius 2 is 2.50 bits per heavy atom. The van der Waals surface area contributed by atoms with Crippen LogP contribution in [0.25, 0.3) is 0 Å². The first kappa shape index (κ1) is 8.44. The molecule has 2 aliphatic rings. The molecular formula is C10H15N3O. The number of hydrogen-bond acceptors (Lipinski definition) is 3.